The maximum absolute atomic E-state index is 10.7. The average Bonchev–Trinajstić information content (AvgIpc) is 0.709. The first kappa shape index (κ1) is 107. The number of anilines is 10. The molecule has 0 spiro atoms. The van der Waals surface area contributed by atoms with Gasteiger partial charge in [0.1, 0.15) is 0 Å². The van der Waals surface area contributed by atoms with Crippen LogP contribution in [0.1, 0.15) is 94.7 Å². The summed E-state index contributed by atoms with van der Waals surface area (Å²) in [6.07, 6.45) is 11.5. The molecule has 0 aliphatic carbocycles. The molecular weight excluding hydrogens is 1880 g/mol. The number of benzene rings is 12. The fraction of sp³-hybridized carbons (Fsp3) is 0.216. The maximum atomic E-state index is 10.7. The molecule has 0 saturated heterocycles. The summed E-state index contributed by atoms with van der Waals surface area (Å²) in [7, 11) is -12.9. The monoisotopic (exact) mass is 1980 g/mol. The molecule has 0 atom stereocenters. The van der Waals surface area contributed by atoms with Crippen molar-refractivity contribution >= 4 is 204 Å². The van der Waals surface area contributed by atoms with E-state index in [1.165, 1.54) is 131 Å². The summed E-state index contributed by atoms with van der Waals surface area (Å²) in [5.74, 6) is 3.54. The number of nitrogens with zero attached hydrogens (tertiary/aromatic N) is 4. The minimum atomic E-state index is -4.64. The van der Waals surface area contributed by atoms with Gasteiger partial charge in [-0.15, -0.1) is 82.3 Å². The minimum absolute atomic E-state index is 0. The fourth-order valence-electron chi connectivity index (χ4n) is 15.6. The van der Waals surface area contributed by atoms with Crippen LogP contribution in [-0.2, 0) is 52.6 Å². The van der Waals surface area contributed by atoms with E-state index in [-0.39, 0.29) is 113 Å². The van der Waals surface area contributed by atoms with E-state index < -0.39 is 30.6 Å². The van der Waals surface area contributed by atoms with E-state index in [9.17, 15) is 38.9 Å². The molecule has 0 fully saturated rings. The van der Waals surface area contributed by atoms with Gasteiger partial charge in [0.15, 0.2) is 0 Å². The fourth-order valence-corrected chi connectivity index (χ4v) is 24.5. The minimum Gasteiger partial charge on any atom is -0.748 e. The maximum Gasteiger partial charge on any atom is 1.00 e. The van der Waals surface area contributed by atoms with E-state index in [1.54, 1.807) is 58.8 Å². The zero-order chi connectivity index (χ0) is 89.8. The van der Waals surface area contributed by atoms with Crippen molar-refractivity contribution < 1.29 is 137 Å². The third kappa shape index (κ3) is 29.4. The normalized spacial score (nSPS) is 12.5. The molecule has 4 aliphatic heterocycles. The number of ether oxygens (including phenoxy) is 1. The van der Waals surface area contributed by atoms with Gasteiger partial charge in [-0.3, -0.25) is 4.18 Å². The second-order valence-corrected chi connectivity index (χ2v) is 42.5. The summed E-state index contributed by atoms with van der Waals surface area (Å²) in [4.78, 5) is 10.8. The Balaban J connectivity index is 0.000000181. The van der Waals surface area contributed by atoms with Crippen LogP contribution in [0.25, 0.3) is 22.3 Å². The number of allylic oxidation sites excluding steroid dienone is 1. The molecule has 4 heterocycles. The van der Waals surface area contributed by atoms with E-state index in [4.69, 9.17) is 4.74 Å². The molecule has 12 aromatic rings. The van der Waals surface area contributed by atoms with Crippen LogP contribution in [0.4, 0.5) is 56.9 Å². The van der Waals surface area contributed by atoms with Crippen molar-refractivity contribution in [1.82, 2.24) is 0 Å². The third-order valence-electron chi connectivity index (χ3n) is 21.2. The summed E-state index contributed by atoms with van der Waals surface area (Å²) in [5.41, 5.74) is 29.4. The van der Waals surface area contributed by atoms with Gasteiger partial charge in [-0.1, -0.05) is 243 Å². The number of hydrogen-bond donors (Lipinski definition) is 0. The largest absolute Gasteiger partial charge is 1.00 e. The van der Waals surface area contributed by atoms with E-state index in [0.29, 0.717) is 37.6 Å². The molecule has 0 saturated carbocycles. The van der Waals surface area contributed by atoms with Gasteiger partial charge in [0.2, 0.25) is 10.4 Å². The quantitative estimate of drug-likeness (QED) is 0.0159. The molecule has 12 aromatic carbocycles. The smallest absolute Gasteiger partial charge is 0.748 e. The summed E-state index contributed by atoms with van der Waals surface area (Å²) >= 11 is 14.1. The molecule has 0 amide bonds. The van der Waals surface area contributed by atoms with Gasteiger partial charge in [-0.05, 0) is 170 Å². The number of hydrogen-bond acceptors (Lipinski definition) is 23. The SMILES string of the molecule is CSC(C)=C1c2ccccc2N(c2ccccc2)c2ccccc21.CSC(SCCCOCCCS(=O)(=O)[O-])=C1c2ccccc2N(Cc2ccccc2)c2ccccc21.CSC(SCCCOS(=O)(=O)[O-])=C1c2ccccc2N(Cc2ccccc2)c2ccccc21.CSC(SCCCSCCCS(=O)(=O)[O-])=C1c2ccccc2N(c2ccccc2)c2ccccc21.[Na+].[Na+].[Na+]. The van der Waals surface area contributed by atoms with Crippen LogP contribution in [-0.4, -0.2) is 124 Å². The summed E-state index contributed by atoms with van der Waals surface area (Å²) < 4.78 is 110. The van der Waals surface area contributed by atoms with Crippen molar-refractivity contribution in [1.29, 1.82) is 0 Å². The second-order valence-electron chi connectivity index (χ2n) is 29.6. The predicted molar refractivity (Wildman–Crippen MR) is 550 cm³/mol. The van der Waals surface area contributed by atoms with Gasteiger partial charge in [0, 0.05) is 163 Å². The van der Waals surface area contributed by atoms with E-state index in [0.717, 1.165) is 64.5 Å². The van der Waals surface area contributed by atoms with Crippen molar-refractivity contribution in [2.75, 3.05) is 105 Å². The molecule has 15 nitrogen and oxygen atoms in total. The Morgan fingerprint density at radius 3 is 0.885 bits per heavy atom. The molecule has 0 radical (unpaired) electrons. The standard InChI is InChI=1S/C28H31NO4S3.C27H29NO3S4.C25H25NO4S3.C22H19NS.3Na/c1-34-28(35-19-9-17-33-18-10-20-36(30,31)32)27-23-13-5-7-15-25(23)29(21-22-11-3-2-4-12-22)26-16-8-6-14-24(26)27;1-32-27(34-19-9-17-33-18-10-20-35(29,30)31)26-22-13-5-7-15-24(22)28(21-11-3-2-4-12-21)25-16-8-6-14-23(25)26;1-31-25(32-17-9-16-30-33(27,28)29)24-20-12-5-7-14-22(20)26(18-19-10-3-2-4-11-19)23-15-8-6-13-21(23)24;1-16(24-2)22-18-12-6-8-14-20(18)23(17-10-4-3-5-11-17)21-15-9-7-13-19(21)22;;;/h2-8,11-16H,9-10,17-21H2,1H3,(H,30,31,32);2-8,11-16H,9-10,17-20H2,1H3,(H,29,30,31);2-8,10-15H,9,16-18H2,1H3,(H,27,28,29);3-15H,1-2H3;;;/q;;;;3*+1/p-3. The zero-order valence-electron chi connectivity index (χ0n) is 74.8. The Bertz CT molecular complexity index is 6050. The van der Waals surface area contributed by atoms with E-state index >= 15 is 0 Å². The number of thioether (sulfide) groups is 8. The van der Waals surface area contributed by atoms with Crippen molar-refractivity contribution in [3.63, 3.8) is 0 Å². The topological polar surface area (TPSA) is 203 Å². The van der Waals surface area contributed by atoms with E-state index in [1.807, 2.05) is 53.5 Å². The first-order valence-electron chi connectivity index (χ1n) is 42.0. The van der Waals surface area contributed by atoms with Crippen LogP contribution in [0, 0.1) is 0 Å². The Morgan fingerprint density at radius 1 is 0.298 bits per heavy atom. The number of para-hydroxylation sites is 10. The zero-order valence-corrected chi connectivity index (χ0v) is 89.8. The number of rotatable bonds is 34. The Labute approximate surface area is 875 Å². The molecule has 0 N–H and O–H groups in total. The Kier molecular flexibility index (Phi) is 44.1. The van der Waals surface area contributed by atoms with Crippen LogP contribution in [0.2, 0.25) is 0 Å². The summed E-state index contributed by atoms with van der Waals surface area (Å²) in [6.45, 7) is 4.51. The van der Waals surface area contributed by atoms with Crippen molar-refractivity contribution in [3.05, 3.63) is 389 Å². The molecular formula is C102H101N4Na3O11S11. The Hall–Kier alpha value is -5.75. The molecule has 664 valence electrons. The molecule has 0 unspecified atom stereocenters. The number of fused-ring (bicyclic) bond motifs is 8. The molecule has 4 aliphatic rings. The van der Waals surface area contributed by atoms with Gasteiger partial charge >= 0.3 is 88.7 Å². The molecule has 131 heavy (non-hydrogen) atoms. The van der Waals surface area contributed by atoms with E-state index in [2.05, 4.69) is 353 Å². The van der Waals surface area contributed by atoms with Gasteiger partial charge in [-0.25, -0.2) is 25.3 Å². The third-order valence-corrected chi connectivity index (χ3v) is 32.4. The predicted octanol–water partition coefficient (Wildman–Crippen LogP) is 17.5. The summed E-state index contributed by atoms with van der Waals surface area (Å²) in [5, 5.41) is 0. The van der Waals surface area contributed by atoms with Gasteiger partial charge in [-0.2, -0.15) is 11.8 Å². The second kappa shape index (κ2) is 53.8. The first-order valence-corrected chi connectivity index (χ1v) is 55.5. The van der Waals surface area contributed by atoms with Crippen LogP contribution >= 0.6 is 94.1 Å². The van der Waals surface area contributed by atoms with Crippen molar-refractivity contribution in [2.24, 2.45) is 0 Å². The average molecular weight is 1980 g/mol. The van der Waals surface area contributed by atoms with Gasteiger partial charge < -0.3 is 38.0 Å². The molecule has 0 aromatic heterocycles. The molecule has 16 rings (SSSR count). The van der Waals surface area contributed by atoms with Crippen LogP contribution in [0.5, 0.6) is 0 Å². The van der Waals surface area contributed by atoms with Crippen LogP contribution in [0.15, 0.2) is 333 Å². The van der Waals surface area contributed by atoms with Gasteiger partial charge in [0.25, 0.3) is 0 Å². The van der Waals surface area contributed by atoms with Gasteiger partial charge in [0.05, 0.1) is 49.6 Å². The first-order chi connectivity index (χ1) is 62.3. The van der Waals surface area contributed by atoms with Crippen LogP contribution < -0.4 is 108 Å². The molecule has 0 bridgehead atoms. The molecule has 29 heteroatoms. The Morgan fingerprint density at radius 2 is 0.565 bits per heavy atom. The van der Waals surface area contributed by atoms with Crippen LogP contribution in [0.3, 0.4) is 0 Å². The van der Waals surface area contributed by atoms with Crippen molar-refractivity contribution in [3.8, 4) is 0 Å². The summed E-state index contributed by atoms with van der Waals surface area (Å²) in [6, 6.07) is 111. The van der Waals surface area contributed by atoms with Crippen molar-refractivity contribution in [2.45, 2.75) is 52.1 Å².